The van der Waals surface area contributed by atoms with E-state index < -0.39 is 23.0 Å². The van der Waals surface area contributed by atoms with Gasteiger partial charge < -0.3 is 27.1 Å². The van der Waals surface area contributed by atoms with Crippen LogP contribution in [-0.4, -0.2) is 22.5 Å². The van der Waals surface area contributed by atoms with Crippen molar-refractivity contribution >= 4 is 41.4 Å². The van der Waals surface area contributed by atoms with Gasteiger partial charge in [0.1, 0.15) is 34.5 Å². The molecule has 0 bridgehead atoms. The van der Waals surface area contributed by atoms with Crippen LogP contribution in [0.1, 0.15) is 15.9 Å². The summed E-state index contributed by atoms with van der Waals surface area (Å²) in [4.78, 5) is 25.5. The van der Waals surface area contributed by atoms with E-state index in [1.807, 2.05) is 103 Å². The molecule has 284 valence electrons. The summed E-state index contributed by atoms with van der Waals surface area (Å²) in [7, 11) is -12.4. The van der Waals surface area contributed by atoms with E-state index >= 15 is 0 Å². The molecule has 0 saturated carbocycles. The molecule has 6 aromatic carbocycles. The standard InChI is InChI=1S/C42H29N6O7P3/c49-29-31-15-2-8-21-37(31)51-56(50-36-20-7-1-14-30(36)28-45-42-43-26-13-27-44-42)46-57(52-38-22-9-3-16-32(38)33-17-4-10-23-39(33)53-57)48-58(47-56)54-40-24-11-5-18-34(40)35-19-6-12-25-41(35)55-58/h1-29H/b45-28-. The molecule has 1 unspecified atom stereocenters. The first-order valence-corrected chi connectivity index (χ1v) is 22.5. The third-order valence-corrected chi connectivity index (χ3v) is 17.0. The number of rotatable bonds is 7. The lowest BCUT2D eigenvalue weighted by Crippen LogP contribution is -2.11. The molecule has 3 aliphatic rings. The van der Waals surface area contributed by atoms with Gasteiger partial charge in [-0.15, -0.1) is 0 Å². The number of nitrogens with zero attached hydrogens (tertiary/aromatic N) is 6. The third-order valence-electron chi connectivity index (χ3n) is 8.95. The summed E-state index contributed by atoms with van der Waals surface area (Å²) in [6, 6.07) is 45.7. The summed E-state index contributed by atoms with van der Waals surface area (Å²) < 4.78 is 57.5. The molecule has 3 aliphatic heterocycles. The third kappa shape index (κ3) is 6.75. The average Bonchev–Trinajstić information content (AvgIpc) is 3.46. The average molecular weight is 823 g/mol. The van der Waals surface area contributed by atoms with E-state index in [1.54, 1.807) is 67.1 Å². The number of hydrogen-bond donors (Lipinski definition) is 0. The van der Waals surface area contributed by atoms with Crippen LogP contribution in [0.15, 0.2) is 183 Å². The van der Waals surface area contributed by atoms with Crippen molar-refractivity contribution in [1.82, 2.24) is 9.97 Å². The number of benzene rings is 6. The molecule has 0 saturated heterocycles. The van der Waals surface area contributed by atoms with Crippen molar-refractivity contribution in [3.63, 3.8) is 0 Å². The highest BCUT2D eigenvalue weighted by molar-refractivity contribution is 7.79. The monoisotopic (exact) mass is 822 g/mol. The van der Waals surface area contributed by atoms with E-state index in [4.69, 9.17) is 40.7 Å². The normalized spacial score (nSPS) is 17.6. The molecule has 1 atom stereocenters. The van der Waals surface area contributed by atoms with Crippen LogP contribution in [0.2, 0.25) is 0 Å². The highest BCUT2D eigenvalue weighted by Crippen LogP contribution is 2.80. The minimum absolute atomic E-state index is 0.145. The fourth-order valence-corrected chi connectivity index (χ4v) is 15.6. The maximum atomic E-state index is 12.5. The molecule has 16 heteroatoms. The Morgan fingerprint density at radius 2 is 0.879 bits per heavy atom. The predicted molar refractivity (Wildman–Crippen MR) is 223 cm³/mol. The molecule has 2 spiro atoms. The Kier molecular flexibility index (Phi) is 8.99. The van der Waals surface area contributed by atoms with E-state index in [9.17, 15) is 4.79 Å². The number of aromatic nitrogens is 2. The van der Waals surface area contributed by atoms with Crippen LogP contribution < -0.4 is 27.1 Å². The Morgan fingerprint density at radius 3 is 1.38 bits per heavy atom. The van der Waals surface area contributed by atoms with Crippen molar-refractivity contribution in [3.05, 3.63) is 175 Å². The number of aliphatic imine (C=N–C) groups is 1. The first-order chi connectivity index (χ1) is 28.5. The van der Waals surface area contributed by atoms with E-state index in [-0.39, 0.29) is 23.0 Å². The van der Waals surface area contributed by atoms with Gasteiger partial charge in [0.15, 0.2) is 6.29 Å². The van der Waals surface area contributed by atoms with Gasteiger partial charge in [-0.3, -0.25) is 4.79 Å². The second-order valence-corrected chi connectivity index (χ2v) is 19.0. The Hall–Kier alpha value is -6.77. The van der Waals surface area contributed by atoms with Crippen LogP contribution in [0.25, 0.3) is 22.3 Å². The smallest absolute Gasteiger partial charge is 0.413 e. The van der Waals surface area contributed by atoms with Gasteiger partial charge in [0.2, 0.25) is 5.95 Å². The highest BCUT2D eigenvalue weighted by atomic mass is 31.3. The van der Waals surface area contributed by atoms with Crippen molar-refractivity contribution in [2.75, 3.05) is 0 Å². The number of hydrogen-bond acceptors (Lipinski definition) is 13. The van der Waals surface area contributed by atoms with E-state index in [1.165, 1.54) is 0 Å². The molecule has 10 rings (SSSR count). The molecule has 0 amide bonds. The summed E-state index contributed by atoms with van der Waals surface area (Å²) in [6.07, 6.45) is 5.46. The van der Waals surface area contributed by atoms with Gasteiger partial charge in [0.05, 0.1) is 5.56 Å². The van der Waals surface area contributed by atoms with Crippen molar-refractivity contribution in [2.45, 2.75) is 0 Å². The molecule has 7 aromatic rings. The largest absolute Gasteiger partial charge is 0.460 e. The fourth-order valence-electron chi connectivity index (χ4n) is 6.42. The summed E-state index contributed by atoms with van der Waals surface area (Å²) in [5, 5.41) is 0. The van der Waals surface area contributed by atoms with Crippen molar-refractivity contribution < 1.29 is 31.9 Å². The Labute approximate surface area is 332 Å². The van der Waals surface area contributed by atoms with Gasteiger partial charge in [-0.2, -0.15) is 0 Å². The van der Waals surface area contributed by atoms with Crippen molar-refractivity contribution in [2.24, 2.45) is 18.5 Å². The molecule has 58 heavy (non-hydrogen) atoms. The zero-order valence-corrected chi connectivity index (χ0v) is 32.8. The maximum Gasteiger partial charge on any atom is 0.460 e. The highest BCUT2D eigenvalue weighted by Gasteiger charge is 2.51. The lowest BCUT2D eigenvalue weighted by molar-refractivity contribution is 0.112. The van der Waals surface area contributed by atoms with Crippen LogP contribution in [0.5, 0.6) is 34.5 Å². The van der Waals surface area contributed by atoms with Crippen molar-refractivity contribution in [1.29, 1.82) is 0 Å². The first-order valence-electron chi connectivity index (χ1n) is 17.9. The van der Waals surface area contributed by atoms with E-state index in [0.29, 0.717) is 34.8 Å². The Balaban J connectivity index is 1.28. The van der Waals surface area contributed by atoms with Crippen molar-refractivity contribution in [3.8, 4) is 56.8 Å². The van der Waals surface area contributed by atoms with Gasteiger partial charge in [0, 0.05) is 46.4 Å². The van der Waals surface area contributed by atoms with Crippen LogP contribution in [0, 0.1) is 0 Å². The zero-order valence-electron chi connectivity index (χ0n) is 30.1. The molecular formula is C42H29N6O7P3. The van der Waals surface area contributed by atoms with E-state index in [0.717, 1.165) is 22.3 Å². The minimum Gasteiger partial charge on any atom is -0.413 e. The number of carbonyl (C=O) groups excluding carboxylic acids is 1. The summed E-state index contributed by atoms with van der Waals surface area (Å²) in [6.45, 7) is 0. The minimum atomic E-state index is -4.25. The quantitative estimate of drug-likeness (QED) is 0.0870. The van der Waals surface area contributed by atoms with E-state index in [2.05, 4.69) is 15.0 Å². The molecule has 13 nitrogen and oxygen atoms in total. The SMILES string of the molecule is O=Cc1ccccc1OP1(Oc2ccccc2/C=N\c2ncccn2)=NP2(=NP3(=N1)Oc1ccccc1-c1ccccc1O3)Oc1ccccc1-c1ccccc1O2. The lowest BCUT2D eigenvalue weighted by Gasteiger charge is -2.32. The number of fused-ring (bicyclic) bond motifs is 6. The molecule has 0 aliphatic carbocycles. The number of para-hydroxylation sites is 6. The second kappa shape index (κ2) is 14.6. The van der Waals surface area contributed by atoms with Gasteiger partial charge in [0.25, 0.3) is 0 Å². The summed E-state index contributed by atoms with van der Waals surface area (Å²) >= 11 is 0. The van der Waals surface area contributed by atoms with Crippen LogP contribution in [0.3, 0.4) is 0 Å². The molecule has 1 aromatic heterocycles. The molecule has 0 N–H and O–H groups in total. The fraction of sp³-hybridized carbons (Fsp3) is 0. The molecule has 0 radical (unpaired) electrons. The van der Waals surface area contributed by atoms with Gasteiger partial charge in [-0.05, 0) is 54.6 Å². The summed E-state index contributed by atoms with van der Waals surface area (Å²) in [5.74, 6) is 2.46. The zero-order chi connectivity index (χ0) is 39.0. The summed E-state index contributed by atoms with van der Waals surface area (Å²) in [5.41, 5.74) is 3.79. The number of carbonyl (C=O) groups is 1. The second-order valence-electron chi connectivity index (χ2n) is 12.8. The Morgan fingerprint density at radius 1 is 0.466 bits per heavy atom. The lowest BCUT2D eigenvalue weighted by atomic mass is 10.0. The first kappa shape index (κ1) is 35.6. The Bertz CT molecular complexity index is 2760. The van der Waals surface area contributed by atoms with Crippen LogP contribution >= 0.6 is 23.0 Å². The number of aldehydes is 1. The van der Waals surface area contributed by atoms with Crippen LogP contribution in [-0.2, 0) is 0 Å². The molecular weight excluding hydrogens is 793 g/mol. The van der Waals surface area contributed by atoms with Gasteiger partial charge >= 0.3 is 23.0 Å². The molecule has 4 heterocycles. The maximum absolute atomic E-state index is 12.5. The molecule has 0 fully saturated rings. The topological polar surface area (TPSA) is 148 Å². The van der Waals surface area contributed by atoms with Gasteiger partial charge in [-0.1, -0.05) is 111 Å². The van der Waals surface area contributed by atoms with Crippen LogP contribution in [0.4, 0.5) is 5.95 Å². The van der Waals surface area contributed by atoms with Gasteiger partial charge in [-0.25, -0.2) is 15.0 Å². The predicted octanol–water partition coefficient (Wildman–Crippen LogP) is 12.6.